The van der Waals surface area contributed by atoms with Crippen molar-refractivity contribution in [3.63, 3.8) is 0 Å². The van der Waals surface area contributed by atoms with E-state index in [1.165, 1.54) is 20.9 Å². The van der Waals surface area contributed by atoms with Crippen LogP contribution in [-0.4, -0.2) is 6.61 Å². The Bertz CT molecular complexity index is 518. The fourth-order valence-corrected chi connectivity index (χ4v) is 2.87. The predicted molar refractivity (Wildman–Crippen MR) is 66.8 cm³/mol. The summed E-state index contributed by atoms with van der Waals surface area (Å²) in [6.45, 7) is 1.44. The number of hydrogen-bond acceptors (Lipinski definition) is 3. The van der Waals surface area contributed by atoms with E-state index in [0.717, 1.165) is 18.8 Å². The highest BCUT2D eigenvalue weighted by molar-refractivity contribution is 7.15. The molecule has 0 unspecified atom stereocenters. The molecule has 82 valence electrons. The summed E-state index contributed by atoms with van der Waals surface area (Å²) in [6.07, 6.45) is 1.03. The molecule has 1 aromatic carbocycles. The lowest BCUT2D eigenvalue weighted by Gasteiger charge is -2.01. The number of ether oxygens (including phenoxy) is 1. The summed E-state index contributed by atoms with van der Waals surface area (Å²) in [5.74, 6) is 1.04. The second kappa shape index (κ2) is 3.92. The molecule has 0 fully saturated rings. The van der Waals surface area contributed by atoms with Gasteiger partial charge in [-0.3, -0.25) is 0 Å². The van der Waals surface area contributed by atoms with Crippen LogP contribution in [0.4, 0.5) is 0 Å². The van der Waals surface area contributed by atoms with Crippen LogP contribution in [0.1, 0.15) is 10.4 Å². The molecule has 3 heteroatoms. The maximum Gasteiger partial charge on any atom is 0.122 e. The summed E-state index contributed by atoms with van der Waals surface area (Å²) in [6, 6.07) is 10.7. The Labute approximate surface area is 98.7 Å². The molecule has 2 heterocycles. The van der Waals surface area contributed by atoms with Gasteiger partial charge in [0.2, 0.25) is 0 Å². The fourth-order valence-electron chi connectivity index (χ4n) is 1.98. The van der Waals surface area contributed by atoms with Gasteiger partial charge >= 0.3 is 0 Å². The van der Waals surface area contributed by atoms with Gasteiger partial charge in [-0.15, -0.1) is 11.3 Å². The molecule has 16 heavy (non-hydrogen) atoms. The van der Waals surface area contributed by atoms with E-state index in [1.807, 2.05) is 0 Å². The Kier molecular flexibility index (Phi) is 2.42. The molecule has 0 aliphatic carbocycles. The summed E-state index contributed by atoms with van der Waals surface area (Å²) < 4.78 is 5.50. The molecule has 0 saturated carbocycles. The van der Waals surface area contributed by atoms with Crippen LogP contribution in [-0.2, 0) is 13.0 Å². The number of hydrogen-bond donors (Lipinski definition) is 1. The van der Waals surface area contributed by atoms with Gasteiger partial charge in [-0.25, -0.2) is 0 Å². The largest absolute Gasteiger partial charge is 0.493 e. The third-order valence-electron chi connectivity index (χ3n) is 2.84. The summed E-state index contributed by atoms with van der Waals surface area (Å²) in [5.41, 5.74) is 8.21. The van der Waals surface area contributed by atoms with Gasteiger partial charge in [0.25, 0.3) is 0 Å². The number of nitrogens with two attached hydrogens (primary N) is 1. The van der Waals surface area contributed by atoms with Crippen LogP contribution < -0.4 is 10.5 Å². The van der Waals surface area contributed by atoms with Crippen molar-refractivity contribution in [2.75, 3.05) is 6.61 Å². The van der Waals surface area contributed by atoms with E-state index in [9.17, 15) is 0 Å². The Morgan fingerprint density at radius 2 is 2.19 bits per heavy atom. The molecule has 1 aromatic heterocycles. The smallest absolute Gasteiger partial charge is 0.122 e. The fraction of sp³-hybridized carbons (Fsp3) is 0.231. The molecule has 0 saturated heterocycles. The molecular weight excluding hydrogens is 218 g/mol. The van der Waals surface area contributed by atoms with E-state index < -0.39 is 0 Å². The normalized spacial score (nSPS) is 13.6. The summed E-state index contributed by atoms with van der Waals surface area (Å²) in [4.78, 5) is 2.52. The average Bonchev–Trinajstić information content (AvgIpc) is 2.96. The quantitative estimate of drug-likeness (QED) is 0.862. The highest BCUT2D eigenvalue weighted by Crippen LogP contribution is 2.33. The number of thiophene rings is 1. The van der Waals surface area contributed by atoms with E-state index in [-0.39, 0.29) is 0 Å². The second-order valence-corrected chi connectivity index (χ2v) is 5.06. The Morgan fingerprint density at radius 3 is 3.00 bits per heavy atom. The number of rotatable bonds is 2. The third-order valence-corrected chi connectivity index (χ3v) is 3.99. The highest BCUT2D eigenvalue weighted by atomic mass is 32.1. The molecule has 3 rings (SSSR count). The standard InChI is InChI=1S/C13H13NOS/c14-8-11-2-4-13(16-11)10-1-3-12-9(7-10)5-6-15-12/h1-4,7H,5-6,8,14H2. The van der Waals surface area contributed by atoms with Crippen LogP contribution in [0, 0.1) is 0 Å². The average molecular weight is 231 g/mol. The van der Waals surface area contributed by atoms with Crippen molar-refractivity contribution >= 4 is 11.3 Å². The van der Waals surface area contributed by atoms with Gasteiger partial charge in [0, 0.05) is 22.7 Å². The topological polar surface area (TPSA) is 35.2 Å². The monoisotopic (exact) mass is 231 g/mol. The summed E-state index contributed by atoms with van der Waals surface area (Å²) in [7, 11) is 0. The lowest BCUT2D eigenvalue weighted by atomic mass is 10.1. The molecule has 0 bridgehead atoms. The lowest BCUT2D eigenvalue weighted by Crippen LogP contribution is -1.90. The van der Waals surface area contributed by atoms with Gasteiger partial charge in [0.15, 0.2) is 0 Å². The first-order chi connectivity index (χ1) is 7.86. The lowest BCUT2D eigenvalue weighted by molar-refractivity contribution is 0.357. The Balaban J connectivity index is 2.00. The molecule has 1 aliphatic rings. The van der Waals surface area contributed by atoms with Crippen LogP contribution in [0.2, 0.25) is 0 Å². The van der Waals surface area contributed by atoms with Crippen LogP contribution in [0.25, 0.3) is 10.4 Å². The summed E-state index contributed by atoms with van der Waals surface area (Å²) >= 11 is 1.77. The molecular formula is C13H13NOS. The number of benzene rings is 1. The van der Waals surface area contributed by atoms with Crippen LogP contribution in [0.3, 0.4) is 0 Å². The van der Waals surface area contributed by atoms with E-state index in [0.29, 0.717) is 6.54 Å². The van der Waals surface area contributed by atoms with Gasteiger partial charge in [-0.05, 0) is 41.5 Å². The first kappa shape index (κ1) is 9.87. The van der Waals surface area contributed by atoms with Crippen molar-refractivity contribution in [2.24, 2.45) is 5.73 Å². The van der Waals surface area contributed by atoms with E-state index >= 15 is 0 Å². The van der Waals surface area contributed by atoms with Crippen molar-refractivity contribution in [1.82, 2.24) is 0 Å². The number of fused-ring (bicyclic) bond motifs is 1. The van der Waals surface area contributed by atoms with Gasteiger partial charge in [0.05, 0.1) is 6.61 Å². The minimum atomic E-state index is 0.624. The zero-order valence-corrected chi connectivity index (χ0v) is 9.72. The zero-order chi connectivity index (χ0) is 11.0. The molecule has 0 amide bonds. The zero-order valence-electron chi connectivity index (χ0n) is 8.90. The molecule has 1 aliphatic heterocycles. The SMILES string of the molecule is NCc1ccc(-c2ccc3c(c2)CCO3)s1. The van der Waals surface area contributed by atoms with Crippen molar-refractivity contribution in [3.05, 3.63) is 40.8 Å². The highest BCUT2D eigenvalue weighted by Gasteiger charge is 2.13. The van der Waals surface area contributed by atoms with Gasteiger partial charge in [0.1, 0.15) is 5.75 Å². The molecule has 2 nitrogen and oxygen atoms in total. The van der Waals surface area contributed by atoms with E-state index in [2.05, 4.69) is 30.3 Å². The Hall–Kier alpha value is -1.32. The molecule has 0 spiro atoms. The third kappa shape index (κ3) is 1.62. The van der Waals surface area contributed by atoms with Crippen molar-refractivity contribution in [3.8, 4) is 16.2 Å². The molecule has 2 N–H and O–H groups in total. The predicted octanol–water partition coefficient (Wildman–Crippen LogP) is 2.81. The van der Waals surface area contributed by atoms with Gasteiger partial charge in [-0.1, -0.05) is 0 Å². The van der Waals surface area contributed by atoms with E-state index in [1.54, 1.807) is 11.3 Å². The van der Waals surface area contributed by atoms with Crippen molar-refractivity contribution in [2.45, 2.75) is 13.0 Å². The van der Waals surface area contributed by atoms with Gasteiger partial charge in [-0.2, -0.15) is 0 Å². The first-order valence-corrected chi connectivity index (χ1v) is 6.23. The van der Waals surface area contributed by atoms with E-state index in [4.69, 9.17) is 10.5 Å². The molecule has 0 atom stereocenters. The maximum absolute atomic E-state index is 5.62. The maximum atomic E-state index is 5.62. The van der Waals surface area contributed by atoms with Crippen molar-refractivity contribution < 1.29 is 4.74 Å². The molecule has 2 aromatic rings. The Morgan fingerprint density at radius 1 is 1.25 bits per heavy atom. The minimum Gasteiger partial charge on any atom is -0.493 e. The summed E-state index contributed by atoms with van der Waals surface area (Å²) in [5, 5.41) is 0. The van der Waals surface area contributed by atoms with Crippen LogP contribution >= 0.6 is 11.3 Å². The van der Waals surface area contributed by atoms with Crippen LogP contribution in [0.5, 0.6) is 5.75 Å². The van der Waals surface area contributed by atoms with Crippen LogP contribution in [0.15, 0.2) is 30.3 Å². The minimum absolute atomic E-state index is 0.624. The van der Waals surface area contributed by atoms with Gasteiger partial charge < -0.3 is 10.5 Å². The molecule has 0 radical (unpaired) electrons. The van der Waals surface area contributed by atoms with Crippen molar-refractivity contribution in [1.29, 1.82) is 0 Å². The second-order valence-electron chi connectivity index (χ2n) is 3.89. The first-order valence-electron chi connectivity index (χ1n) is 5.42.